The Morgan fingerprint density at radius 3 is 2.19 bits per heavy atom. The Morgan fingerprint density at radius 2 is 1.62 bits per heavy atom. The van der Waals surface area contributed by atoms with Crippen LogP contribution in [0.4, 0.5) is 4.79 Å². The molecule has 0 fully saturated rings. The van der Waals surface area contributed by atoms with Crippen LogP contribution in [-0.2, 0) is 18.0 Å². The van der Waals surface area contributed by atoms with Gasteiger partial charge in [-0.15, -0.1) is 0 Å². The van der Waals surface area contributed by atoms with E-state index in [4.69, 9.17) is 18.0 Å². The zero-order chi connectivity index (χ0) is 19.8. The number of carbonyl (C=O) groups is 1. The van der Waals surface area contributed by atoms with Crippen LogP contribution in [0.5, 0.6) is 0 Å². The third-order valence-corrected chi connectivity index (χ3v) is 6.86. The third kappa shape index (κ3) is 12.2. The molecule has 0 aliphatic heterocycles. The molecule has 0 aromatic rings. The van der Waals surface area contributed by atoms with E-state index in [1.54, 1.807) is 21.3 Å². The van der Waals surface area contributed by atoms with Crippen LogP contribution in [0.15, 0.2) is 23.3 Å². The second-order valence-electron chi connectivity index (χ2n) is 6.47. The van der Waals surface area contributed by atoms with Crippen molar-refractivity contribution >= 4 is 14.9 Å². The fourth-order valence-electron chi connectivity index (χ4n) is 2.39. The van der Waals surface area contributed by atoms with Crippen molar-refractivity contribution in [1.29, 1.82) is 0 Å². The van der Waals surface area contributed by atoms with Crippen molar-refractivity contribution in [2.24, 2.45) is 0 Å². The molecule has 0 aliphatic rings. The Morgan fingerprint density at radius 1 is 0.962 bits per heavy atom. The fourth-order valence-corrected chi connectivity index (χ4v) is 4.11. The van der Waals surface area contributed by atoms with Crippen molar-refractivity contribution in [3.05, 3.63) is 23.3 Å². The van der Waals surface area contributed by atoms with Gasteiger partial charge in [0.2, 0.25) is 0 Å². The highest BCUT2D eigenvalue weighted by Gasteiger charge is 2.36. The van der Waals surface area contributed by atoms with E-state index in [1.165, 1.54) is 11.1 Å². The predicted octanol–water partition coefficient (Wildman–Crippen LogP) is 4.45. The summed E-state index contributed by atoms with van der Waals surface area (Å²) in [6.45, 7) is 7.32. The molecular formula is C19H37NO5Si. The van der Waals surface area contributed by atoms with Crippen LogP contribution in [0.3, 0.4) is 0 Å². The second-order valence-corrected chi connectivity index (χ2v) is 9.57. The van der Waals surface area contributed by atoms with Gasteiger partial charge in [0, 0.05) is 33.9 Å². The van der Waals surface area contributed by atoms with Crippen molar-refractivity contribution in [2.45, 2.75) is 58.9 Å². The number of carbonyl (C=O) groups excluding carboxylic acids is 1. The molecule has 1 amide bonds. The number of unbranched alkanes of at least 4 members (excludes halogenated alkanes) is 1. The van der Waals surface area contributed by atoms with Gasteiger partial charge in [-0.1, -0.05) is 23.3 Å². The summed E-state index contributed by atoms with van der Waals surface area (Å²) in [5.41, 5.74) is 2.74. The van der Waals surface area contributed by atoms with Gasteiger partial charge in [0.05, 0.1) is 6.61 Å². The van der Waals surface area contributed by atoms with Crippen LogP contribution in [0.25, 0.3) is 0 Å². The second kappa shape index (κ2) is 15.0. The number of amides is 1. The van der Waals surface area contributed by atoms with Crippen molar-refractivity contribution in [3.63, 3.8) is 0 Å². The van der Waals surface area contributed by atoms with Crippen LogP contribution >= 0.6 is 0 Å². The van der Waals surface area contributed by atoms with Gasteiger partial charge in [-0.05, 0) is 52.9 Å². The number of allylic oxidation sites excluding steroid dienone is 4. The average molecular weight is 388 g/mol. The Balaban J connectivity index is 3.76. The maximum Gasteiger partial charge on any atom is 0.500 e. The molecule has 1 N–H and O–H groups in total. The minimum atomic E-state index is -2.55. The molecule has 0 aromatic heterocycles. The molecule has 0 spiro atoms. The van der Waals surface area contributed by atoms with Gasteiger partial charge in [0.15, 0.2) is 0 Å². The molecule has 0 saturated carbocycles. The van der Waals surface area contributed by atoms with E-state index in [0.29, 0.717) is 25.6 Å². The lowest BCUT2D eigenvalue weighted by atomic mass is 10.1. The summed E-state index contributed by atoms with van der Waals surface area (Å²) in [5, 5.41) is 2.74. The predicted molar refractivity (Wildman–Crippen MR) is 107 cm³/mol. The summed E-state index contributed by atoms with van der Waals surface area (Å²) in [5.74, 6) is 0. The lowest BCUT2D eigenvalue weighted by molar-refractivity contribution is 0.122. The van der Waals surface area contributed by atoms with Crippen LogP contribution in [0, 0.1) is 0 Å². The molecular weight excluding hydrogens is 350 g/mol. The van der Waals surface area contributed by atoms with Gasteiger partial charge >= 0.3 is 14.9 Å². The van der Waals surface area contributed by atoms with Crippen molar-refractivity contribution < 1.29 is 22.8 Å². The quantitative estimate of drug-likeness (QED) is 0.271. The number of rotatable bonds is 14. The Bertz CT molecular complexity index is 435. The normalized spacial score (nSPS) is 12.0. The van der Waals surface area contributed by atoms with E-state index < -0.39 is 8.80 Å². The molecule has 0 heterocycles. The highest BCUT2D eigenvalue weighted by Crippen LogP contribution is 2.14. The minimum absolute atomic E-state index is 0.381. The van der Waals surface area contributed by atoms with Gasteiger partial charge < -0.3 is 23.3 Å². The first-order valence-electron chi connectivity index (χ1n) is 9.24. The van der Waals surface area contributed by atoms with Crippen LogP contribution < -0.4 is 5.32 Å². The summed E-state index contributed by atoms with van der Waals surface area (Å²) < 4.78 is 21.2. The zero-order valence-electron chi connectivity index (χ0n) is 17.4. The lowest BCUT2D eigenvalue weighted by Crippen LogP contribution is -2.43. The Kier molecular flexibility index (Phi) is 14.3. The van der Waals surface area contributed by atoms with Crippen LogP contribution in [0.1, 0.15) is 52.9 Å². The molecule has 0 radical (unpaired) electrons. The zero-order valence-corrected chi connectivity index (χ0v) is 18.4. The van der Waals surface area contributed by atoms with Gasteiger partial charge in [-0.3, -0.25) is 0 Å². The van der Waals surface area contributed by atoms with E-state index in [-0.39, 0.29) is 6.09 Å². The molecule has 7 heteroatoms. The number of alkyl carbamates (subject to hydrolysis) is 1. The first-order chi connectivity index (χ1) is 12.4. The van der Waals surface area contributed by atoms with Gasteiger partial charge in [-0.25, -0.2) is 4.79 Å². The summed E-state index contributed by atoms with van der Waals surface area (Å²) >= 11 is 0. The summed E-state index contributed by atoms with van der Waals surface area (Å²) in [7, 11) is 2.19. The summed E-state index contributed by atoms with van der Waals surface area (Å²) in [6, 6.07) is 0.646. The molecule has 0 aliphatic carbocycles. The van der Waals surface area contributed by atoms with E-state index >= 15 is 0 Å². The van der Waals surface area contributed by atoms with Crippen molar-refractivity contribution in [1.82, 2.24) is 5.32 Å². The van der Waals surface area contributed by atoms with Crippen molar-refractivity contribution in [2.75, 3.05) is 34.5 Å². The molecule has 0 bridgehead atoms. The summed E-state index contributed by atoms with van der Waals surface area (Å²) in [6.07, 6.45) is 8.75. The van der Waals surface area contributed by atoms with E-state index in [9.17, 15) is 4.79 Å². The van der Waals surface area contributed by atoms with E-state index in [0.717, 1.165) is 25.7 Å². The maximum absolute atomic E-state index is 11.6. The maximum atomic E-state index is 11.6. The van der Waals surface area contributed by atoms with E-state index in [2.05, 4.69) is 38.2 Å². The Hall–Kier alpha value is -1.15. The van der Waals surface area contributed by atoms with E-state index in [1.807, 2.05) is 0 Å². The van der Waals surface area contributed by atoms with Crippen LogP contribution in [-0.4, -0.2) is 49.4 Å². The molecule has 26 heavy (non-hydrogen) atoms. The Labute approximate surface area is 160 Å². The van der Waals surface area contributed by atoms with Gasteiger partial charge in [-0.2, -0.15) is 0 Å². The smallest absolute Gasteiger partial charge is 0.450 e. The highest BCUT2D eigenvalue weighted by atomic mass is 28.4. The number of ether oxygens (including phenoxy) is 1. The minimum Gasteiger partial charge on any atom is -0.450 e. The molecule has 0 unspecified atom stereocenters. The number of nitrogens with one attached hydrogen (secondary N) is 1. The SMILES string of the molecule is CO[Si](CCCNC(=O)OCCC/C=C(\C)CCC=C(C)C)(OC)OC. The molecule has 6 nitrogen and oxygen atoms in total. The number of hydrogen-bond donors (Lipinski definition) is 1. The monoisotopic (exact) mass is 387 g/mol. The average Bonchev–Trinajstić information content (AvgIpc) is 2.62. The topological polar surface area (TPSA) is 66.0 Å². The molecule has 152 valence electrons. The first kappa shape index (κ1) is 24.8. The standard InChI is InChI=1S/C19H37NO5Si/c1-17(2)11-9-13-18(3)12-7-8-15-25-19(21)20-14-10-16-26(22-4,23-5)24-6/h11-12H,7-10,13-16H2,1-6H3,(H,20,21)/b18-12+. The highest BCUT2D eigenvalue weighted by molar-refractivity contribution is 6.60. The van der Waals surface area contributed by atoms with Gasteiger partial charge in [0.25, 0.3) is 0 Å². The third-order valence-electron chi connectivity index (χ3n) is 4.03. The van der Waals surface area contributed by atoms with Crippen molar-refractivity contribution in [3.8, 4) is 0 Å². The molecule has 0 rings (SSSR count). The molecule has 0 aromatic carbocycles. The largest absolute Gasteiger partial charge is 0.500 e. The molecule has 0 atom stereocenters. The lowest BCUT2D eigenvalue weighted by Gasteiger charge is -2.24. The first-order valence-corrected chi connectivity index (χ1v) is 11.2. The molecule has 0 saturated heterocycles. The van der Waals surface area contributed by atoms with Crippen LogP contribution in [0.2, 0.25) is 6.04 Å². The van der Waals surface area contributed by atoms with Gasteiger partial charge in [0.1, 0.15) is 0 Å². The fraction of sp³-hybridized carbons (Fsp3) is 0.737. The number of hydrogen-bond acceptors (Lipinski definition) is 5. The summed E-state index contributed by atoms with van der Waals surface area (Å²) in [4.78, 5) is 11.6.